The molecule has 1 N–H and O–H groups in total. The molecule has 1 aromatic carbocycles. The molecule has 1 aliphatic rings. The van der Waals surface area contributed by atoms with E-state index in [0.717, 1.165) is 25.4 Å². The van der Waals surface area contributed by atoms with E-state index in [0.29, 0.717) is 6.04 Å². The van der Waals surface area contributed by atoms with Crippen LogP contribution in [-0.2, 0) is 4.79 Å². The van der Waals surface area contributed by atoms with Crippen molar-refractivity contribution >= 4 is 30.1 Å². The largest absolute Gasteiger partial charge is 0.337 e. The lowest BCUT2D eigenvalue weighted by molar-refractivity contribution is -0.137. The average Bonchev–Trinajstić information content (AvgIpc) is 2.45. The first kappa shape index (κ1) is 17.3. The number of amides is 1. The van der Waals surface area contributed by atoms with E-state index < -0.39 is 0 Å². The van der Waals surface area contributed by atoms with Crippen LogP contribution in [-0.4, -0.2) is 42.2 Å². The highest BCUT2D eigenvalue weighted by atomic mass is 35.5. The maximum Gasteiger partial charge on any atom is 0.226 e. The van der Waals surface area contributed by atoms with Gasteiger partial charge in [-0.25, -0.2) is 0 Å². The Morgan fingerprint density at radius 2 is 2.15 bits per heavy atom. The molecule has 1 aromatic rings. The third-order valence-electron chi connectivity index (χ3n) is 3.45. The van der Waals surface area contributed by atoms with Crippen LogP contribution in [0.2, 0.25) is 0 Å². The quantitative estimate of drug-likeness (QED) is 0.867. The molecule has 0 aromatic heterocycles. The Morgan fingerprint density at radius 3 is 2.80 bits per heavy atom. The van der Waals surface area contributed by atoms with Crippen LogP contribution in [0.5, 0.6) is 0 Å². The first-order valence-electron chi connectivity index (χ1n) is 6.87. The third-order valence-corrected chi connectivity index (χ3v) is 4.72. The zero-order valence-corrected chi connectivity index (χ0v) is 13.7. The summed E-state index contributed by atoms with van der Waals surface area (Å²) in [7, 11) is 0. The molecule has 20 heavy (non-hydrogen) atoms. The molecule has 1 heterocycles. The second-order valence-corrected chi connectivity index (χ2v) is 6.20. The number of carbonyl (C=O) groups excluding carboxylic acids is 1. The van der Waals surface area contributed by atoms with E-state index >= 15 is 0 Å². The first-order valence-corrected chi connectivity index (χ1v) is 7.86. The maximum absolute atomic E-state index is 12.4. The van der Waals surface area contributed by atoms with Gasteiger partial charge >= 0.3 is 0 Å². The molecule has 5 heteroatoms. The van der Waals surface area contributed by atoms with Crippen LogP contribution in [0.3, 0.4) is 0 Å². The highest BCUT2D eigenvalue weighted by Crippen LogP contribution is 2.21. The second kappa shape index (κ2) is 8.55. The molecule has 0 spiro atoms. The van der Waals surface area contributed by atoms with Crippen LogP contribution < -0.4 is 5.32 Å². The Labute approximate surface area is 131 Å². The van der Waals surface area contributed by atoms with E-state index in [4.69, 9.17) is 0 Å². The predicted octanol–water partition coefficient (Wildman–Crippen LogP) is 2.66. The fraction of sp³-hybridized carbons (Fsp3) is 0.533. The molecule has 0 radical (unpaired) electrons. The molecule has 1 fully saturated rings. The van der Waals surface area contributed by atoms with E-state index in [-0.39, 0.29) is 24.2 Å². The van der Waals surface area contributed by atoms with Crippen LogP contribution >= 0.6 is 24.2 Å². The van der Waals surface area contributed by atoms with Crippen molar-refractivity contribution in [2.45, 2.75) is 24.8 Å². The van der Waals surface area contributed by atoms with Crippen molar-refractivity contribution in [2.24, 2.45) is 5.92 Å². The number of benzene rings is 1. The van der Waals surface area contributed by atoms with E-state index in [1.54, 1.807) is 11.8 Å². The summed E-state index contributed by atoms with van der Waals surface area (Å²) in [5.41, 5.74) is 0. The SMILES string of the molecule is CC(CSc1ccccc1)C(=O)N1CCNC[C@@H]1C.Cl. The van der Waals surface area contributed by atoms with Crippen LogP contribution in [0.15, 0.2) is 35.2 Å². The number of piperazine rings is 1. The predicted molar refractivity (Wildman–Crippen MR) is 87.6 cm³/mol. The standard InChI is InChI=1S/C15H22N2OS.ClH/c1-12(11-19-14-6-4-3-5-7-14)15(18)17-9-8-16-10-13(17)2;/h3-7,12-13,16H,8-11H2,1-2H3;1H/t12?,13-;/m0./s1. The molecule has 112 valence electrons. The number of hydrogen-bond donors (Lipinski definition) is 1. The van der Waals surface area contributed by atoms with E-state index in [1.807, 2.05) is 30.0 Å². The number of rotatable bonds is 4. The normalized spacial score (nSPS) is 20.1. The van der Waals surface area contributed by atoms with Gasteiger partial charge in [0.15, 0.2) is 0 Å². The zero-order valence-electron chi connectivity index (χ0n) is 12.0. The monoisotopic (exact) mass is 314 g/mol. The maximum atomic E-state index is 12.4. The summed E-state index contributed by atoms with van der Waals surface area (Å²) in [6, 6.07) is 10.6. The van der Waals surface area contributed by atoms with Gasteiger partial charge in [0, 0.05) is 42.2 Å². The van der Waals surface area contributed by atoms with Crippen LogP contribution in [0.4, 0.5) is 0 Å². The number of hydrogen-bond acceptors (Lipinski definition) is 3. The smallest absolute Gasteiger partial charge is 0.226 e. The van der Waals surface area contributed by atoms with Gasteiger partial charge in [0.25, 0.3) is 0 Å². The minimum absolute atomic E-state index is 0. The molecule has 0 saturated carbocycles. The lowest BCUT2D eigenvalue weighted by atomic mass is 10.1. The number of carbonyl (C=O) groups is 1. The van der Waals surface area contributed by atoms with Gasteiger partial charge in [-0.15, -0.1) is 24.2 Å². The summed E-state index contributed by atoms with van der Waals surface area (Å²) in [4.78, 5) is 15.7. The Bertz CT molecular complexity index is 416. The van der Waals surface area contributed by atoms with E-state index in [1.165, 1.54) is 4.90 Å². The van der Waals surface area contributed by atoms with Crippen molar-refractivity contribution < 1.29 is 4.79 Å². The fourth-order valence-electron chi connectivity index (χ4n) is 2.26. The molecule has 2 atom stereocenters. The minimum Gasteiger partial charge on any atom is -0.337 e. The van der Waals surface area contributed by atoms with Gasteiger partial charge in [-0.3, -0.25) is 4.79 Å². The molecule has 2 rings (SSSR count). The highest BCUT2D eigenvalue weighted by Gasteiger charge is 2.26. The Kier molecular flexibility index (Phi) is 7.41. The van der Waals surface area contributed by atoms with Gasteiger partial charge in [-0.1, -0.05) is 25.1 Å². The van der Waals surface area contributed by atoms with Crippen molar-refractivity contribution in [1.82, 2.24) is 10.2 Å². The van der Waals surface area contributed by atoms with Gasteiger partial charge in [-0.2, -0.15) is 0 Å². The number of nitrogens with zero attached hydrogens (tertiary/aromatic N) is 1. The zero-order chi connectivity index (χ0) is 13.7. The number of halogens is 1. The number of thioether (sulfide) groups is 1. The van der Waals surface area contributed by atoms with Crippen LogP contribution in [0, 0.1) is 5.92 Å². The van der Waals surface area contributed by atoms with Crippen LogP contribution in [0.25, 0.3) is 0 Å². The molecule has 1 saturated heterocycles. The lowest BCUT2D eigenvalue weighted by Gasteiger charge is -2.35. The van der Waals surface area contributed by atoms with Crippen molar-refractivity contribution in [1.29, 1.82) is 0 Å². The molecule has 1 aliphatic heterocycles. The van der Waals surface area contributed by atoms with Gasteiger partial charge in [0.1, 0.15) is 0 Å². The molecule has 0 aliphatic carbocycles. The first-order chi connectivity index (χ1) is 9.18. The minimum atomic E-state index is 0. The van der Waals surface area contributed by atoms with Gasteiger partial charge in [-0.05, 0) is 19.1 Å². The number of nitrogens with one attached hydrogen (secondary N) is 1. The Hall–Kier alpha value is -0.710. The lowest BCUT2D eigenvalue weighted by Crippen LogP contribution is -2.53. The second-order valence-electron chi connectivity index (χ2n) is 5.11. The topological polar surface area (TPSA) is 32.3 Å². The average molecular weight is 315 g/mol. The summed E-state index contributed by atoms with van der Waals surface area (Å²) in [6.45, 7) is 6.80. The van der Waals surface area contributed by atoms with Crippen molar-refractivity contribution in [2.75, 3.05) is 25.4 Å². The van der Waals surface area contributed by atoms with E-state index in [2.05, 4.69) is 24.4 Å². The third kappa shape index (κ3) is 4.69. The molecular formula is C15H23ClN2OS. The van der Waals surface area contributed by atoms with Gasteiger partial charge < -0.3 is 10.2 Å². The van der Waals surface area contributed by atoms with Gasteiger partial charge in [0.2, 0.25) is 5.91 Å². The molecule has 3 nitrogen and oxygen atoms in total. The van der Waals surface area contributed by atoms with Crippen molar-refractivity contribution in [3.05, 3.63) is 30.3 Å². The van der Waals surface area contributed by atoms with Crippen molar-refractivity contribution in [3.8, 4) is 0 Å². The van der Waals surface area contributed by atoms with E-state index in [9.17, 15) is 4.79 Å². The van der Waals surface area contributed by atoms with Crippen LogP contribution in [0.1, 0.15) is 13.8 Å². The van der Waals surface area contributed by atoms with Crippen molar-refractivity contribution in [3.63, 3.8) is 0 Å². The molecular weight excluding hydrogens is 292 g/mol. The molecule has 1 unspecified atom stereocenters. The van der Waals surface area contributed by atoms with Gasteiger partial charge in [0.05, 0.1) is 0 Å². The Balaban J connectivity index is 0.00000200. The summed E-state index contributed by atoms with van der Waals surface area (Å²) >= 11 is 1.76. The summed E-state index contributed by atoms with van der Waals surface area (Å²) < 4.78 is 0. The fourth-order valence-corrected chi connectivity index (χ4v) is 3.20. The Morgan fingerprint density at radius 1 is 1.45 bits per heavy atom. The molecule has 1 amide bonds. The molecule has 0 bridgehead atoms. The summed E-state index contributed by atoms with van der Waals surface area (Å²) in [5, 5.41) is 3.32. The summed E-state index contributed by atoms with van der Waals surface area (Å²) in [6.07, 6.45) is 0. The summed E-state index contributed by atoms with van der Waals surface area (Å²) in [5.74, 6) is 1.21. The highest BCUT2D eigenvalue weighted by molar-refractivity contribution is 7.99.